The Balaban J connectivity index is 2.82. The molecule has 0 spiro atoms. The highest BCUT2D eigenvalue weighted by atomic mass is 32.2. The molecule has 1 heterocycles. The van der Waals surface area contributed by atoms with Crippen LogP contribution in [0.3, 0.4) is 0 Å². The first kappa shape index (κ1) is 12.7. The summed E-state index contributed by atoms with van der Waals surface area (Å²) in [7, 11) is -2.12. The quantitative estimate of drug-likeness (QED) is 0.762. The number of aliphatic hydroxyl groups is 1. The first-order valence-corrected chi connectivity index (χ1v) is 6.43. The van der Waals surface area contributed by atoms with Gasteiger partial charge >= 0.3 is 5.97 Å². The van der Waals surface area contributed by atoms with E-state index in [1.165, 1.54) is 19.2 Å². The Morgan fingerprint density at radius 2 is 2.19 bits per heavy atom. The summed E-state index contributed by atoms with van der Waals surface area (Å²) in [5, 5.41) is 9.50. The third-order valence-electron chi connectivity index (χ3n) is 1.80. The van der Waals surface area contributed by atoms with Gasteiger partial charge in [0.1, 0.15) is 21.7 Å². The van der Waals surface area contributed by atoms with Crippen molar-refractivity contribution in [3.8, 4) is 0 Å². The Labute approximate surface area is 92.7 Å². The van der Waals surface area contributed by atoms with E-state index >= 15 is 0 Å². The third kappa shape index (κ3) is 3.35. The first-order valence-electron chi connectivity index (χ1n) is 4.37. The second-order valence-corrected chi connectivity index (χ2v) is 5.49. The number of ether oxygens (including phenoxy) is 1. The molecule has 1 rings (SSSR count). The van der Waals surface area contributed by atoms with Gasteiger partial charge in [-0.2, -0.15) is 0 Å². The molecule has 0 amide bonds. The minimum Gasteiger partial charge on any atom is -0.463 e. The Morgan fingerprint density at radius 1 is 1.56 bits per heavy atom. The van der Waals surface area contributed by atoms with Gasteiger partial charge in [-0.05, 0) is 12.1 Å². The van der Waals surface area contributed by atoms with Crippen molar-refractivity contribution in [2.24, 2.45) is 0 Å². The highest BCUT2D eigenvalue weighted by Crippen LogP contribution is 2.18. The highest BCUT2D eigenvalue weighted by Gasteiger charge is 2.20. The summed E-state index contributed by atoms with van der Waals surface area (Å²) in [6.45, 7) is 0. The van der Waals surface area contributed by atoms with Gasteiger partial charge in [-0.15, -0.1) is 0 Å². The molecule has 90 valence electrons. The number of carbonyl (C=O) groups is 1. The van der Waals surface area contributed by atoms with E-state index < -0.39 is 27.7 Å². The Bertz CT molecular complexity index is 472. The smallest absolute Gasteiger partial charge is 0.373 e. The van der Waals surface area contributed by atoms with E-state index in [0.717, 1.165) is 6.26 Å². The number of hydrogen-bond acceptors (Lipinski definition) is 6. The Kier molecular flexibility index (Phi) is 3.71. The van der Waals surface area contributed by atoms with Gasteiger partial charge in [-0.25, -0.2) is 13.2 Å². The van der Waals surface area contributed by atoms with Crippen molar-refractivity contribution in [2.75, 3.05) is 19.1 Å². The summed E-state index contributed by atoms with van der Waals surface area (Å²) in [5.74, 6) is -1.20. The predicted molar refractivity (Wildman–Crippen MR) is 54.7 cm³/mol. The van der Waals surface area contributed by atoms with Crippen LogP contribution in [0.1, 0.15) is 22.4 Å². The fraction of sp³-hybridized carbons (Fsp3) is 0.444. The van der Waals surface area contributed by atoms with Crippen molar-refractivity contribution < 1.29 is 27.5 Å². The lowest BCUT2D eigenvalue weighted by molar-refractivity contribution is 0.0557. The summed E-state index contributed by atoms with van der Waals surface area (Å²) < 4.78 is 31.2. The van der Waals surface area contributed by atoms with Crippen molar-refractivity contribution in [2.45, 2.75) is 6.10 Å². The summed E-state index contributed by atoms with van der Waals surface area (Å²) in [6.07, 6.45) is -0.284. The molecule has 0 aliphatic rings. The van der Waals surface area contributed by atoms with Crippen LogP contribution in [0.5, 0.6) is 0 Å². The molecule has 0 aliphatic heterocycles. The molecule has 6 nitrogen and oxygen atoms in total. The number of esters is 1. The van der Waals surface area contributed by atoms with Crippen molar-refractivity contribution in [1.82, 2.24) is 0 Å². The number of furan rings is 1. The maximum Gasteiger partial charge on any atom is 0.373 e. The molecule has 1 N–H and O–H groups in total. The molecule has 1 atom stereocenters. The second kappa shape index (κ2) is 4.67. The topological polar surface area (TPSA) is 93.8 Å². The van der Waals surface area contributed by atoms with Crippen molar-refractivity contribution in [1.29, 1.82) is 0 Å². The van der Waals surface area contributed by atoms with Gasteiger partial charge < -0.3 is 14.3 Å². The SMILES string of the molecule is COC(=O)c1ccc(C(O)CS(C)(=O)=O)o1. The van der Waals surface area contributed by atoms with E-state index in [1.807, 2.05) is 0 Å². The van der Waals surface area contributed by atoms with Crippen LogP contribution in [0, 0.1) is 0 Å². The van der Waals surface area contributed by atoms with E-state index in [4.69, 9.17) is 4.42 Å². The molecule has 0 aromatic carbocycles. The molecule has 0 saturated carbocycles. The van der Waals surface area contributed by atoms with Gasteiger partial charge in [0.15, 0.2) is 0 Å². The van der Waals surface area contributed by atoms with Crippen LogP contribution in [0.25, 0.3) is 0 Å². The minimum absolute atomic E-state index is 0.0193. The molecular weight excluding hydrogens is 236 g/mol. The Morgan fingerprint density at radius 3 is 2.69 bits per heavy atom. The van der Waals surface area contributed by atoms with Gasteiger partial charge in [0, 0.05) is 6.26 Å². The van der Waals surface area contributed by atoms with Crippen LogP contribution in [0.2, 0.25) is 0 Å². The van der Waals surface area contributed by atoms with E-state index in [2.05, 4.69) is 4.74 Å². The highest BCUT2D eigenvalue weighted by molar-refractivity contribution is 7.90. The molecule has 0 fully saturated rings. The zero-order chi connectivity index (χ0) is 12.3. The van der Waals surface area contributed by atoms with E-state index in [1.54, 1.807) is 0 Å². The average molecular weight is 248 g/mol. The van der Waals surface area contributed by atoms with Crippen LogP contribution in [0.15, 0.2) is 16.5 Å². The molecule has 0 saturated heterocycles. The number of methoxy groups -OCH3 is 1. The molecule has 16 heavy (non-hydrogen) atoms. The van der Waals surface area contributed by atoms with Gasteiger partial charge in [0.2, 0.25) is 5.76 Å². The number of rotatable bonds is 4. The monoisotopic (exact) mass is 248 g/mol. The predicted octanol–water partition coefficient (Wildman–Crippen LogP) is 0.144. The fourth-order valence-corrected chi connectivity index (χ4v) is 1.85. The zero-order valence-electron chi connectivity index (χ0n) is 8.84. The van der Waals surface area contributed by atoms with E-state index in [-0.39, 0.29) is 11.5 Å². The minimum atomic E-state index is -3.31. The molecule has 7 heteroatoms. The van der Waals surface area contributed by atoms with Gasteiger partial charge in [0.25, 0.3) is 0 Å². The number of carbonyl (C=O) groups excluding carboxylic acids is 1. The van der Waals surface area contributed by atoms with Crippen LogP contribution >= 0.6 is 0 Å². The molecular formula is C9H12O6S. The standard InChI is InChI=1S/C9H12O6S/c1-14-9(11)8-4-3-7(15-8)6(10)5-16(2,12)13/h3-4,6,10H,5H2,1-2H3. The zero-order valence-corrected chi connectivity index (χ0v) is 9.65. The van der Waals surface area contributed by atoms with Crippen LogP contribution in [-0.4, -0.2) is 38.6 Å². The summed E-state index contributed by atoms with van der Waals surface area (Å²) in [4.78, 5) is 11.0. The fourth-order valence-electron chi connectivity index (χ4n) is 1.11. The number of sulfone groups is 1. The largest absolute Gasteiger partial charge is 0.463 e. The van der Waals surface area contributed by atoms with Crippen molar-refractivity contribution in [3.63, 3.8) is 0 Å². The second-order valence-electron chi connectivity index (χ2n) is 3.30. The summed E-state index contributed by atoms with van der Waals surface area (Å²) >= 11 is 0. The maximum absolute atomic E-state index is 11.0. The lowest BCUT2D eigenvalue weighted by Crippen LogP contribution is -2.12. The Hall–Kier alpha value is -1.34. The number of hydrogen-bond donors (Lipinski definition) is 1. The summed E-state index contributed by atoms with van der Waals surface area (Å²) in [5.41, 5.74) is 0. The van der Waals surface area contributed by atoms with Crippen LogP contribution in [-0.2, 0) is 14.6 Å². The third-order valence-corrected chi connectivity index (χ3v) is 2.72. The summed E-state index contributed by atoms with van der Waals surface area (Å²) in [6, 6.07) is 2.65. The van der Waals surface area contributed by atoms with Gasteiger partial charge in [-0.1, -0.05) is 0 Å². The molecule has 0 radical (unpaired) electrons. The average Bonchev–Trinajstić information content (AvgIpc) is 2.62. The lowest BCUT2D eigenvalue weighted by atomic mass is 10.3. The van der Waals surface area contributed by atoms with Crippen molar-refractivity contribution >= 4 is 15.8 Å². The van der Waals surface area contributed by atoms with E-state index in [9.17, 15) is 18.3 Å². The van der Waals surface area contributed by atoms with Crippen LogP contribution in [0.4, 0.5) is 0 Å². The molecule has 1 aromatic rings. The maximum atomic E-state index is 11.0. The van der Waals surface area contributed by atoms with Crippen LogP contribution < -0.4 is 0 Å². The van der Waals surface area contributed by atoms with Gasteiger partial charge in [0.05, 0.1) is 12.9 Å². The first-order chi connectivity index (χ1) is 7.33. The number of aliphatic hydroxyl groups excluding tert-OH is 1. The van der Waals surface area contributed by atoms with Crippen molar-refractivity contribution in [3.05, 3.63) is 23.7 Å². The lowest BCUT2D eigenvalue weighted by Gasteiger charge is -2.05. The normalized spacial score (nSPS) is 13.4. The molecule has 1 aromatic heterocycles. The van der Waals surface area contributed by atoms with Gasteiger partial charge in [-0.3, -0.25) is 0 Å². The molecule has 0 bridgehead atoms. The molecule has 0 aliphatic carbocycles. The molecule has 1 unspecified atom stereocenters. The van der Waals surface area contributed by atoms with E-state index in [0.29, 0.717) is 0 Å².